The molecule has 0 saturated heterocycles. The zero-order valence-corrected chi connectivity index (χ0v) is 19.8. The Kier molecular flexibility index (Phi) is 6.74. The van der Waals surface area contributed by atoms with Crippen molar-refractivity contribution in [1.82, 2.24) is 9.99 Å². The molecule has 1 saturated carbocycles. The zero-order valence-electron chi connectivity index (χ0n) is 19.0. The van der Waals surface area contributed by atoms with Crippen LogP contribution < -0.4 is 16.1 Å². The summed E-state index contributed by atoms with van der Waals surface area (Å²) >= 11 is 5.84. The van der Waals surface area contributed by atoms with E-state index >= 15 is 0 Å². The molecular formula is C24H26ClN5O4. The van der Waals surface area contributed by atoms with Crippen LogP contribution in [-0.2, 0) is 9.59 Å². The third kappa shape index (κ3) is 4.70. The van der Waals surface area contributed by atoms with E-state index < -0.39 is 5.91 Å². The van der Waals surface area contributed by atoms with E-state index in [-0.39, 0.29) is 40.5 Å². The van der Waals surface area contributed by atoms with E-state index in [9.17, 15) is 14.4 Å². The molecule has 0 bridgehead atoms. The highest BCUT2D eigenvalue weighted by Gasteiger charge is 2.34. The van der Waals surface area contributed by atoms with Crippen molar-refractivity contribution in [3.8, 4) is 0 Å². The van der Waals surface area contributed by atoms with Crippen LogP contribution in [0.5, 0.6) is 0 Å². The first kappa shape index (κ1) is 23.6. The molecule has 4 rings (SSSR count). The summed E-state index contributed by atoms with van der Waals surface area (Å²) in [4.78, 5) is 42.8. The zero-order chi connectivity index (χ0) is 24.4. The molecule has 0 unspecified atom stereocenters. The van der Waals surface area contributed by atoms with Gasteiger partial charge in [-0.15, -0.1) is 0 Å². The lowest BCUT2D eigenvalue weighted by Crippen LogP contribution is -2.50. The normalized spacial score (nSPS) is 14.1. The van der Waals surface area contributed by atoms with Crippen LogP contribution in [0.1, 0.15) is 49.6 Å². The number of nitrogens with zero attached hydrogens (tertiary/aromatic N) is 3. The minimum Gasteiger partial charge on any atom is -0.449 e. The smallest absolute Gasteiger partial charge is 0.292 e. The number of furan rings is 1. The Labute approximate surface area is 201 Å². The van der Waals surface area contributed by atoms with Gasteiger partial charge in [0, 0.05) is 31.5 Å². The van der Waals surface area contributed by atoms with Crippen LogP contribution in [0.3, 0.4) is 0 Å². The van der Waals surface area contributed by atoms with Gasteiger partial charge in [0.15, 0.2) is 11.3 Å². The second-order valence-electron chi connectivity index (χ2n) is 8.38. The van der Waals surface area contributed by atoms with E-state index in [1.54, 1.807) is 30.3 Å². The summed E-state index contributed by atoms with van der Waals surface area (Å²) in [7, 11) is 1.52. The van der Waals surface area contributed by atoms with Gasteiger partial charge in [0.05, 0.1) is 10.7 Å². The minimum absolute atomic E-state index is 0.00847. The highest BCUT2D eigenvalue weighted by atomic mass is 35.5. The second-order valence-corrected chi connectivity index (χ2v) is 8.81. The summed E-state index contributed by atoms with van der Waals surface area (Å²) in [6, 6.07) is 8.06. The number of anilines is 3. The number of fused-ring (bicyclic) bond motifs is 1. The van der Waals surface area contributed by atoms with Crippen LogP contribution in [0.4, 0.5) is 17.2 Å². The number of hydrogen-bond donors (Lipinski definition) is 2. The van der Waals surface area contributed by atoms with Crippen molar-refractivity contribution < 1.29 is 18.8 Å². The van der Waals surface area contributed by atoms with Crippen LogP contribution in [0.15, 0.2) is 40.9 Å². The average Bonchev–Trinajstić information content (AvgIpc) is 3.27. The monoisotopic (exact) mass is 483 g/mol. The molecule has 1 aromatic carbocycles. The van der Waals surface area contributed by atoms with Crippen molar-refractivity contribution in [2.24, 2.45) is 5.92 Å². The number of carbonyl (C=O) groups is 3. The van der Waals surface area contributed by atoms with Gasteiger partial charge in [-0.05, 0) is 43.2 Å². The maximum Gasteiger partial charge on any atom is 0.292 e. The molecule has 3 aromatic rings. The molecule has 3 amide bonds. The predicted molar refractivity (Wildman–Crippen MR) is 130 cm³/mol. The average molecular weight is 484 g/mol. The summed E-state index contributed by atoms with van der Waals surface area (Å²) in [5.74, 6) is -0.989. The molecule has 1 aliphatic carbocycles. The van der Waals surface area contributed by atoms with Crippen molar-refractivity contribution >= 4 is 57.5 Å². The molecular weight excluding hydrogens is 458 g/mol. The van der Waals surface area contributed by atoms with Crippen molar-refractivity contribution in [2.75, 3.05) is 23.1 Å². The van der Waals surface area contributed by atoms with Gasteiger partial charge in [-0.3, -0.25) is 14.4 Å². The van der Waals surface area contributed by atoms with Crippen LogP contribution in [0.25, 0.3) is 11.0 Å². The molecule has 0 atom stereocenters. The Morgan fingerprint density at radius 2 is 1.88 bits per heavy atom. The number of benzene rings is 1. The van der Waals surface area contributed by atoms with Crippen LogP contribution >= 0.6 is 11.6 Å². The van der Waals surface area contributed by atoms with E-state index in [4.69, 9.17) is 21.8 Å². The number of rotatable bonds is 4. The molecule has 0 aliphatic heterocycles. The SMILES string of the molecule is CC(=O)N(C)N(C(=O)C1CCCCC1)c1c(N)ccc2cc(C(=O)Nc3ccc(Cl)cn3)oc12. The molecule has 1 aliphatic rings. The molecule has 10 heteroatoms. The Morgan fingerprint density at radius 3 is 2.53 bits per heavy atom. The lowest BCUT2D eigenvalue weighted by atomic mass is 9.88. The standard InChI is InChI=1S/C24H26ClN5O4/c1-14(31)29(2)30(24(33)15-6-4-3-5-7-15)21-18(26)10-8-16-12-19(34-22(16)21)23(32)28-20-11-9-17(25)13-27-20/h8-13,15H,3-7,26H2,1-2H3,(H,27,28,32). The fraction of sp³-hybridized carbons (Fsp3) is 0.333. The lowest BCUT2D eigenvalue weighted by molar-refractivity contribution is -0.135. The Morgan fingerprint density at radius 1 is 1.15 bits per heavy atom. The maximum atomic E-state index is 13.6. The van der Waals surface area contributed by atoms with E-state index in [1.165, 1.54) is 30.2 Å². The number of amides is 3. The van der Waals surface area contributed by atoms with Gasteiger partial charge >= 0.3 is 0 Å². The van der Waals surface area contributed by atoms with E-state index in [1.807, 2.05) is 0 Å². The molecule has 9 nitrogen and oxygen atoms in total. The fourth-order valence-electron chi connectivity index (χ4n) is 4.13. The number of pyridine rings is 1. The fourth-order valence-corrected chi connectivity index (χ4v) is 4.24. The topological polar surface area (TPSA) is 122 Å². The number of hydrogen-bond acceptors (Lipinski definition) is 6. The number of carbonyl (C=O) groups excluding carboxylic acids is 3. The minimum atomic E-state index is -0.527. The highest BCUT2D eigenvalue weighted by molar-refractivity contribution is 6.30. The van der Waals surface area contributed by atoms with Gasteiger partial charge in [-0.25, -0.2) is 15.0 Å². The van der Waals surface area contributed by atoms with Gasteiger partial charge in [0.2, 0.25) is 11.8 Å². The second kappa shape index (κ2) is 9.72. The number of nitrogens with one attached hydrogen (secondary N) is 1. The van der Waals surface area contributed by atoms with Gasteiger partial charge in [-0.2, -0.15) is 0 Å². The predicted octanol–water partition coefficient (Wildman–Crippen LogP) is 4.62. The summed E-state index contributed by atoms with van der Waals surface area (Å²) in [5, 5.41) is 6.19. The largest absolute Gasteiger partial charge is 0.449 e. The van der Waals surface area contributed by atoms with Crippen LogP contribution in [-0.4, -0.2) is 34.8 Å². The van der Waals surface area contributed by atoms with Gasteiger partial charge < -0.3 is 15.5 Å². The Balaban J connectivity index is 1.74. The number of aromatic nitrogens is 1. The van der Waals surface area contributed by atoms with Crippen molar-refractivity contribution in [3.63, 3.8) is 0 Å². The quantitative estimate of drug-likeness (QED) is 0.412. The summed E-state index contributed by atoms with van der Waals surface area (Å²) in [6.07, 6.45) is 5.91. The Hall–Kier alpha value is -3.59. The highest BCUT2D eigenvalue weighted by Crippen LogP contribution is 2.38. The molecule has 0 spiro atoms. The summed E-state index contributed by atoms with van der Waals surface area (Å²) < 4.78 is 5.91. The molecule has 2 aromatic heterocycles. The van der Waals surface area contributed by atoms with Crippen molar-refractivity contribution in [1.29, 1.82) is 0 Å². The Bertz CT molecular complexity index is 1230. The van der Waals surface area contributed by atoms with Crippen LogP contribution in [0, 0.1) is 5.92 Å². The van der Waals surface area contributed by atoms with Gasteiger partial charge in [0.25, 0.3) is 5.91 Å². The van der Waals surface area contributed by atoms with Gasteiger partial charge in [0.1, 0.15) is 11.5 Å². The molecule has 0 radical (unpaired) electrons. The summed E-state index contributed by atoms with van der Waals surface area (Å²) in [5.41, 5.74) is 7.04. The van der Waals surface area contributed by atoms with Gasteiger partial charge in [-0.1, -0.05) is 30.9 Å². The van der Waals surface area contributed by atoms with Crippen molar-refractivity contribution in [2.45, 2.75) is 39.0 Å². The first-order chi connectivity index (χ1) is 16.3. The van der Waals surface area contributed by atoms with E-state index in [0.29, 0.717) is 16.2 Å². The molecule has 2 heterocycles. The van der Waals surface area contributed by atoms with E-state index in [2.05, 4.69) is 10.3 Å². The first-order valence-electron chi connectivity index (χ1n) is 11.1. The molecule has 1 fully saturated rings. The first-order valence-corrected chi connectivity index (χ1v) is 11.5. The van der Waals surface area contributed by atoms with E-state index in [0.717, 1.165) is 32.1 Å². The summed E-state index contributed by atoms with van der Waals surface area (Å²) in [6.45, 7) is 1.37. The lowest BCUT2D eigenvalue weighted by Gasteiger charge is -2.35. The number of nitrogens with two attached hydrogens (primary N) is 1. The number of nitrogen functional groups attached to an aromatic ring is 1. The molecule has 34 heavy (non-hydrogen) atoms. The number of halogens is 1. The van der Waals surface area contributed by atoms with Crippen molar-refractivity contribution in [3.05, 3.63) is 47.3 Å². The maximum absolute atomic E-state index is 13.6. The number of hydrazine groups is 1. The third-order valence-electron chi connectivity index (χ3n) is 6.02. The molecule has 178 valence electrons. The third-order valence-corrected chi connectivity index (χ3v) is 6.24. The van der Waals surface area contributed by atoms with Crippen LogP contribution in [0.2, 0.25) is 5.02 Å². The molecule has 3 N–H and O–H groups in total.